The number of benzene rings is 1. The lowest BCUT2D eigenvalue weighted by molar-refractivity contribution is 0.0954. The Kier molecular flexibility index (Phi) is 6.58. The minimum absolute atomic E-state index is 0.0411. The average Bonchev–Trinajstić information content (AvgIpc) is 2.92. The fourth-order valence-corrected chi connectivity index (χ4v) is 2.94. The molecule has 0 fully saturated rings. The van der Waals surface area contributed by atoms with Gasteiger partial charge < -0.3 is 15.5 Å². The van der Waals surface area contributed by atoms with E-state index in [1.807, 2.05) is 56.2 Å². The molecule has 0 bridgehead atoms. The largest absolute Gasteiger partial charge is 0.363 e. The first kappa shape index (κ1) is 19.0. The van der Waals surface area contributed by atoms with Gasteiger partial charge >= 0.3 is 0 Å². The highest BCUT2D eigenvalue weighted by Gasteiger charge is 2.19. The van der Waals surface area contributed by atoms with Crippen LogP contribution in [0.15, 0.2) is 30.3 Å². The second kappa shape index (κ2) is 8.67. The average molecular weight is 343 g/mol. The molecule has 1 amide bonds. The van der Waals surface area contributed by atoms with Crippen LogP contribution in [-0.4, -0.2) is 42.9 Å². The van der Waals surface area contributed by atoms with E-state index in [1.54, 1.807) is 0 Å². The normalized spacial score (nSPS) is 11.0. The molecule has 0 aliphatic carbocycles. The van der Waals surface area contributed by atoms with E-state index in [2.05, 4.69) is 34.5 Å². The number of rotatable bonds is 8. The van der Waals surface area contributed by atoms with E-state index >= 15 is 0 Å². The van der Waals surface area contributed by atoms with E-state index in [4.69, 9.17) is 0 Å². The molecule has 2 N–H and O–H groups in total. The van der Waals surface area contributed by atoms with Crippen molar-refractivity contribution in [3.8, 4) is 0 Å². The van der Waals surface area contributed by atoms with Crippen LogP contribution in [0.4, 0.5) is 5.82 Å². The Morgan fingerprint density at radius 1 is 1.20 bits per heavy atom. The molecule has 0 unspecified atom stereocenters. The summed E-state index contributed by atoms with van der Waals surface area (Å²) < 4.78 is 1.93. The number of amides is 1. The summed E-state index contributed by atoms with van der Waals surface area (Å²) in [5.41, 5.74) is 3.02. The molecule has 25 heavy (non-hydrogen) atoms. The molecule has 0 saturated heterocycles. The molecule has 136 valence electrons. The van der Waals surface area contributed by atoms with Crippen LogP contribution in [0.3, 0.4) is 0 Å². The van der Waals surface area contributed by atoms with Crippen molar-refractivity contribution in [2.75, 3.05) is 32.1 Å². The van der Waals surface area contributed by atoms with Crippen molar-refractivity contribution >= 4 is 11.7 Å². The molecule has 0 atom stereocenters. The van der Waals surface area contributed by atoms with E-state index in [1.165, 1.54) is 5.56 Å². The van der Waals surface area contributed by atoms with Crippen molar-refractivity contribution in [1.29, 1.82) is 0 Å². The molecule has 1 aromatic heterocycles. The zero-order chi connectivity index (χ0) is 18.4. The number of nitrogens with one attached hydrogen (secondary N) is 2. The Morgan fingerprint density at radius 3 is 2.48 bits per heavy atom. The molecule has 0 saturated carbocycles. The molecule has 0 radical (unpaired) electrons. The second-order valence-corrected chi connectivity index (χ2v) is 6.66. The maximum atomic E-state index is 12.0. The minimum Gasteiger partial charge on any atom is -0.363 e. The summed E-state index contributed by atoms with van der Waals surface area (Å²) in [5, 5.41) is 11.0. The number of carbonyl (C=O) groups is 1. The number of carbonyl (C=O) groups excluding carboxylic acids is 1. The van der Waals surface area contributed by atoms with Gasteiger partial charge in [-0.05, 0) is 18.1 Å². The van der Waals surface area contributed by atoms with Crippen LogP contribution < -0.4 is 15.5 Å². The quantitative estimate of drug-likeness (QED) is 0.721. The Morgan fingerprint density at radius 2 is 1.88 bits per heavy atom. The van der Waals surface area contributed by atoms with Gasteiger partial charge in [-0.2, -0.15) is 5.10 Å². The molecule has 0 aliphatic rings. The summed E-state index contributed by atoms with van der Waals surface area (Å²) in [6.45, 7) is 6.34. The first-order valence-corrected chi connectivity index (χ1v) is 8.68. The zero-order valence-corrected chi connectivity index (χ0v) is 15.8. The Balaban J connectivity index is 1.88. The SMILES string of the molecule is CC(C)c1nn(C)c(N(C)C)c1CNCCNC(=O)c1ccccc1. The number of aromatic nitrogens is 2. The van der Waals surface area contributed by atoms with Crippen molar-refractivity contribution in [1.82, 2.24) is 20.4 Å². The third kappa shape index (κ3) is 4.82. The standard InChI is InChI=1S/C19H29N5O/c1-14(2)17-16(19(23(3)4)24(5)22-17)13-20-11-12-21-18(25)15-9-7-6-8-10-15/h6-10,14,20H,11-13H2,1-5H3,(H,21,25). The zero-order valence-electron chi connectivity index (χ0n) is 15.8. The Bertz CT molecular complexity index is 691. The summed E-state index contributed by atoms with van der Waals surface area (Å²) in [4.78, 5) is 14.1. The Labute approximate surface area is 150 Å². The van der Waals surface area contributed by atoms with Crippen molar-refractivity contribution in [2.45, 2.75) is 26.3 Å². The summed E-state index contributed by atoms with van der Waals surface area (Å²) in [5.74, 6) is 1.44. The molecule has 6 nitrogen and oxygen atoms in total. The third-order valence-electron chi connectivity index (χ3n) is 4.04. The number of aryl methyl sites for hydroxylation is 1. The number of hydrogen-bond donors (Lipinski definition) is 2. The monoisotopic (exact) mass is 343 g/mol. The van der Waals surface area contributed by atoms with Crippen LogP contribution in [0.1, 0.15) is 41.4 Å². The molecule has 2 aromatic rings. The Hall–Kier alpha value is -2.34. The van der Waals surface area contributed by atoms with E-state index in [9.17, 15) is 4.79 Å². The number of nitrogens with zero attached hydrogens (tertiary/aromatic N) is 3. The topological polar surface area (TPSA) is 62.2 Å². The van der Waals surface area contributed by atoms with Crippen LogP contribution >= 0.6 is 0 Å². The van der Waals surface area contributed by atoms with Crippen LogP contribution in [-0.2, 0) is 13.6 Å². The summed E-state index contributed by atoms with van der Waals surface area (Å²) in [6, 6.07) is 9.27. The molecule has 0 spiro atoms. The molecule has 0 aliphatic heterocycles. The maximum absolute atomic E-state index is 12.0. The molecule has 1 heterocycles. The maximum Gasteiger partial charge on any atom is 0.251 e. The highest BCUT2D eigenvalue weighted by atomic mass is 16.1. The second-order valence-electron chi connectivity index (χ2n) is 6.66. The van der Waals surface area contributed by atoms with Crippen LogP contribution in [0.25, 0.3) is 0 Å². The lowest BCUT2D eigenvalue weighted by atomic mass is 10.1. The fraction of sp³-hybridized carbons (Fsp3) is 0.474. The molecular formula is C19H29N5O. The molecular weight excluding hydrogens is 314 g/mol. The minimum atomic E-state index is -0.0411. The lowest BCUT2D eigenvalue weighted by Gasteiger charge is -2.16. The molecule has 1 aromatic carbocycles. The van der Waals surface area contributed by atoms with E-state index in [0.29, 0.717) is 24.6 Å². The highest BCUT2D eigenvalue weighted by molar-refractivity contribution is 5.94. The van der Waals surface area contributed by atoms with Gasteiger partial charge in [0, 0.05) is 51.9 Å². The highest BCUT2D eigenvalue weighted by Crippen LogP contribution is 2.26. The van der Waals surface area contributed by atoms with Gasteiger partial charge in [-0.25, -0.2) is 0 Å². The van der Waals surface area contributed by atoms with Crippen molar-refractivity contribution in [3.05, 3.63) is 47.2 Å². The smallest absolute Gasteiger partial charge is 0.251 e. The van der Waals surface area contributed by atoms with Crippen LogP contribution in [0.5, 0.6) is 0 Å². The van der Waals surface area contributed by atoms with E-state index < -0.39 is 0 Å². The van der Waals surface area contributed by atoms with Gasteiger partial charge in [0.1, 0.15) is 5.82 Å². The van der Waals surface area contributed by atoms with Gasteiger partial charge in [-0.3, -0.25) is 9.48 Å². The summed E-state index contributed by atoms with van der Waals surface area (Å²) in [7, 11) is 6.04. The van der Waals surface area contributed by atoms with Gasteiger partial charge in [0.25, 0.3) is 5.91 Å². The summed E-state index contributed by atoms with van der Waals surface area (Å²) >= 11 is 0. The fourth-order valence-electron chi connectivity index (χ4n) is 2.94. The predicted octanol–water partition coefficient (Wildman–Crippen LogP) is 2.13. The van der Waals surface area contributed by atoms with Gasteiger partial charge in [-0.1, -0.05) is 32.0 Å². The number of hydrogen-bond acceptors (Lipinski definition) is 4. The van der Waals surface area contributed by atoms with Gasteiger partial charge in [0.2, 0.25) is 0 Å². The summed E-state index contributed by atoms with van der Waals surface area (Å²) in [6.07, 6.45) is 0. The third-order valence-corrected chi connectivity index (χ3v) is 4.04. The van der Waals surface area contributed by atoms with Crippen molar-refractivity contribution in [3.63, 3.8) is 0 Å². The first-order chi connectivity index (χ1) is 11.9. The van der Waals surface area contributed by atoms with Gasteiger partial charge in [0.15, 0.2) is 0 Å². The van der Waals surface area contributed by atoms with Gasteiger partial charge in [0.05, 0.1) is 5.69 Å². The van der Waals surface area contributed by atoms with Crippen LogP contribution in [0.2, 0.25) is 0 Å². The number of anilines is 1. The van der Waals surface area contributed by atoms with Crippen molar-refractivity contribution in [2.24, 2.45) is 7.05 Å². The predicted molar refractivity (Wildman–Crippen MR) is 102 cm³/mol. The van der Waals surface area contributed by atoms with Crippen molar-refractivity contribution < 1.29 is 4.79 Å². The first-order valence-electron chi connectivity index (χ1n) is 8.68. The molecule has 6 heteroatoms. The van der Waals surface area contributed by atoms with Crippen LogP contribution in [0, 0.1) is 0 Å². The lowest BCUT2D eigenvalue weighted by Crippen LogP contribution is -2.32. The van der Waals surface area contributed by atoms with E-state index in [0.717, 1.165) is 18.1 Å². The van der Waals surface area contributed by atoms with E-state index in [-0.39, 0.29) is 5.91 Å². The molecule has 2 rings (SSSR count). The van der Waals surface area contributed by atoms with Gasteiger partial charge in [-0.15, -0.1) is 0 Å².